The van der Waals surface area contributed by atoms with E-state index >= 15 is 0 Å². The van der Waals surface area contributed by atoms with Crippen molar-refractivity contribution in [2.75, 3.05) is 12.4 Å². The first-order valence-electron chi connectivity index (χ1n) is 8.98. The van der Waals surface area contributed by atoms with Crippen LogP contribution >= 0.6 is 22.7 Å². The van der Waals surface area contributed by atoms with E-state index in [0.717, 1.165) is 16.3 Å². The summed E-state index contributed by atoms with van der Waals surface area (Å²) in [5.74, 6) is 0.755. The van der Waals surface area contributed by atoms with Crippen LogP contribution in [0.4, 0.5) is 5.13 Å². The highest BCUT2D eigenvalue weighted by atomic mass is 32.1. The molecular weight excluding hydrogens is 406 g/mol. The molecule has 1 N–H and O–H groups in total. The minimum atomic E-state index is -0.252. The number of anilines is 1. The Kier molecular flexibility index (Phi) is 5.41. The van der Waals surface area contributed by atoms with E-state index in [1.165, 1.54) is 22.7 Å². The van der Waals surface area contributed by atoms with Crippen LogP contribution in [-0.4, -0.2) is 32.8 Å². The van der Waals surface area contributed by atoms with Gasteiger partial charge in [-0.3, -0.25) is 10.1 Å². The van der Waals surface area contributed by atoms with Gasteiger partial charge in [-0.1, -0.05) is 36.5 Å². The summed E-state index contributed by atoms with van der Waals surface area (Å²) in [4.78, 5) is 18.3. The number of benzene rings is 1. The van der Waals surface area contributed by atoms with Crippen LogP contribution in [0.1, 0.15) is 34.4 Å². The van der Waals surface area contributed by atoms with Gasteiger partial charge in [-0.2, -0.15) is 0 Å². The molecule has 148 valence electrons. The number of carbonyl (C=O) groups excluding carboxylic acids is 1. The number of methoxy groups -OCH3 is 1. The van der Waals surface area contributed by atoms with Crippen LogP contribution in [0.5, 0.6) is 5.75 Å². The molecule has 0 radical (unpaired) electrons. The van der Waals surface area contributed by atoms with Gasteiger partial charge in [-0.15, -0.1) is 10.2 Å². The number of aromatic nitrogens is 4. The number of amides is 1. The zero-order chi connectivity index (χ0) is 20.4. The van der Waals surface area contributed by atoms with Crippen LogP contribution < -0.4 is 10.1 Å². The van der Waals surface area contributed by atoms with Gasteiger partial charge < -0.3 is 9.30 Å². The Morgan fingerprint density at radius 3 is 2.45 bits per heavy atom. The van der Waals surface area contributed by atoms with Crippen LogP contribution in [-0.2, 0) is 0 Å². The van der Waals surface area contributed by atoms with Crippen LogP contribution in [0.3, 0.4) is 0 Å². The molecule has 4 rings (SSSR count). The minimum Gasteiger partial charge on any atom is -0.497 e. The van der Waals surface area contributed by atoms with E-state index in [9.17, 15) is 4.79 Å². The Balaban J connectivity index is 1.70. The van der Waals surface area contributed by atoms with E-state index in [2.05, 4.69) is 15.5 Å². The van der Waals surface area contributed by atoms with Gasteiger partial charge in [0, 0.05) is 23.9 Å². The number of nitrogens with zero attached hydrogens (tertiary/aromatic N) is 4. The van der Waals surface area contributed by atoms with Crippen LogP contribution in [0.2, 0.25) is 0 Å². The molecule has 4 aromatic rings. The molecule has 0 aliphatic heterocycles. The van der Waals surface area contributed by atoms with E-state index in [1.54, 1.807) is 7.11 Å². The van der Waals surface area contributed by atoms with Gasteiger partial charge in [0.2, 0.25) is 5.13 Å². The van der Waals surface area contributed by atoms with Crippen LogP contribution in [0.25, 0.3) is 16.4 Å². The van der Waals surface area contributed by atoms with Crippen molar-refractivity contribution in [1.29, 1.82) is 0 Å². The van der Waals surface area contributed by atoms with Crippen molar-refractivity contribution < 1.29 is 9.53 Å². The van der Waals surface area contributed by atoms with Gasteiger partial charge in [-0.05, 0) is 36.4 Å². The second-order valence-electron chi connectivity index (χ2n) is 6.55. The minimum absolute atomic E-state index is 0.252. The first-order chi connectivity index (χ1) is 14.0. The zero-order valence-corrected chi connectivity index (χ0v) is 17.8. The predicted molar refractivity (Wildman–Crippen MR) is 115 cm³/mol. The van der Waals surface area contributed by atoms with Crippen LogP contribution in [0, 0.1) is 0 Å². The first-order valence-corrected chi connectivity index (χ1v) is 10.6. The number of thiazole rings is 1. The van der Waals surface area contributed by atoms with Crippen molar-refractivity contribution in [3.63, 3.8) is 0 Å². The maximum absolute atomic E-state index is 13.1. The van der Waals surface area contributed by atoms with E-state index in [4.69, 9.17) is 9.72 Å². The smallest absolute Gasteiger partial charge is 0.269 e. The van der Waals surface area contributed by atoms with Gasteiger partial charge in [0.15, 0.2) is 5.13 Å². The molecule has 0 saturated carbocycles. The Hall–Kier alpha value is -3.04. The fourth-order valence-corrected chi connectivity index (χ4v) is 4.34. The molecule has 0 unspecified atom stereocenters. The molecule has 0 spiro atoms. The lowest BCUT2D eigenvalue weighted by Crippen LogP contribution is -2.11. The third kappa shape index (κ3) is 4.06. The molecule has 0 bridgehead atoms. The number of carbonyl (C=O) groups is 1. The van der Waals surface area contributed by atoms with Gasteiger partial charge in [-0.25, -0.2) is 4.98 Å². The molecule has 1 amide bonds. The summed E-state index contributed by atoms with van der Waals surface area (Å²) in [6.45, 7) is 4.08. The topological polar surface area (TPSA) is 81.9 Å². The van der Waals surface area contributed by atoms with Crippen molar-refractivity contribution in [3.05, 3.63) is 58.7 Å². The Labute approximate surface area is 176 Å². The van der Waals surface area contributed by atoms with Gasteiger partial charge in [0.1, 0.15) is 15.6 Å². The number of ether oxygens (including phenoxy) is 1. The molecule has 0 fully saturated rings. The summed E-state index contributed by atoms with van der Waals surface area (Å²) in [7, 11) is 1.62. The predicted octanol–water partition coefficient (Wildman–Crippen LogP) is 4.84. The summed E-state index contributed by atoms with van der Waals surface area (Å²) < 4.78 is 7.12. The van der Waals surface area contributed by atoms with Crippen LogP contribution in [0.15, 0.2) is 48.8 Å². The summed E-state index contributed by atoms with van der Waals surface area (Å²) >= 11 is 2.71. The lowest BCUT2D eigenvalue weighted by molar-refractivity contribution is 0.103. The van der Waals surface area contributed by atoms with Crippen molar-refractivity contribution in [2.45, 2.75) is 19.8 Å². The molecule has 0 aliphatic carbocycles. The lowest BCUT2D eigenvalue weighted by Gasteiger charge is -2.04. The highest BCUT2D eigenvalue weighted by Gasteiger charge is 2.22. The monoisotopic (exact) mass is 425 g/mol. The zero-order valence-electron chi connectivity index (χ0n) is 16.1. The normalized spacial score (nSPS) is 11.0. The molecule has 0 atom stereocenters. The molecule has 3 aromatic heterocycles. The summed E-state index contributed by atoms with van der Waals surface area (Å²) in [5, 5.41) is 13.2. The summed E-state index contributed by atoms with van der Waals surface area (Å²) in [5.41, 5.74) is 1.46. The summed E-state index contributed by atoms with van der Waals surface area (Å²) in [6.07, 6.45) is 3.80. The van der Waals surface area contributed by atoms with Gasteiger partial charge in [0.25, 0.3) is 5.91 Å². The summed E-state index contributed by atoms with van der Waals surface area (Å²) in [6, 6.07) is 11.3. The SMILES string of the molecule is COc1ccc(-c2nc(-n3cccc3)sc2C(=O)Nc2nnc(C(C)C)s2)cc1. The molecule has 3 heterocycles. The van der Waals surface area contributed by atoms with E-state index in [1.807, 2.05) is 67.2 Å². The molecule has 0 saturated heterocycles. The maximum Gasteiger partial charge on any atom is 0.269 e. The van der Waals surface area contributed by atoms with E-state index < -0.39 is 0 Å². The second kappa shape index (κ2) is 8.14. The largest absolute Gasteiger partial charge is 0.497 e. The maximum atomic E-state index is 13.1. The molecule has 7 nitrogen and oxygen atoms in total. The van der Waals surface area contributed by atoms with E-state index in [-0.39, 0.29) is 11.8 Å². The molecular formula is C20H19N5O2S2. The first kappa shape index (κ1) is 19.3. The van der Waals surface area contributed by atoms with Crippen molar-refractivity contribution >= 4 is 33.7 Å². The van der Waals surface area contributed by atoms with Crippen molar-refractivity contribution in [1.82, 2.24) is 19.7 Å². The number of hydrogen-bond donors (Lipinski definition) is 1. The molecule has 9 heteroatoms. The number of nitrogens with one attached hydrogen (secondary N) is 1. The third-order valence-corrected chi connectivity index (χ3v) is 6.37. The molecule has 1 aromatic carbocycles. The van der Waals surface area contributed by atoms with E-state index in [0.29, 0.717) is 20.8 Å². The average Bonchev–Trinajstić information content (AvgIpc) is 3.47. The Morgan fingerprint density at radius 2 is 1.83 bits per heavy atom. The highest BCUT2D eigenvalue weighted by molar-refractivity contribution is 7.17. The quantitative estimate of drug-likeness (QED) is 0.478. The third-order valence-electron chi connectivity index (χ3n) is 4.17. The molecule has 29 heavy (non-hydrogen) atoms. The molecule has 0 aliphatic rings. The fraction of sp³-hybridized carbons (Fsp3) is 0.200. The number of rotatable bonds is 6. The number of hydrogen-bond acceptors (Lipinski definition) is 7. The fourth-order valence-electron chi connectivity index (χ4n) is 2.65. The Morgan fingerprint density at radius 1 is 1.10 bits per heavy atom. The Bertz CT molecular complexity index is 1110. The lowest BCUT2D eigenvalue weighted by atomic mass is 10.1. The standard InChI is InChI=1S/C20H19N5O2S2/c1-12(2)18-23-24-19(29-18)22-17(26)16-15(13-6-8-14(27-3)9-7-13)21-20(28-16)25-10-4-5-11-25/h4-12H,1-3H3,(H,22,24,26). The van der Waals surface area contributed by atoms with Crippen molar-refractivity contribution in [3.8, 4) is 22.1 Å². The van der Waals surface area contributed by atoms with Gasteiger partial charge >= 0.3 is 0 Å². The average molecular weight is 426 g/mol. The van der Waals surface area contributed by atoms with Crippen molar-refractivity contribution in [2.24, 2.45) is 0 Å². The highest BCUT2D eigenvalue weighted by Crippen LogP contribution is 2.32. The second-order valence-corrected chi connectivity index (χ2v) is 8.53. The van der Waals surface area contributed by atoms with Gasteiger partial charge in [0.05, 0.1) is 12.8 Å².